The molecular weight excluding hydrogens is 196 g/mol. The van der Waals surface area contributed by atoms with Gasteiger partial charge in [0.2, 0.25) is 0 Å². The van der Waals surface area contributed by atoms with E-state index in [1.54, 1.807) is 0 Å². The summed E-state index contributed by atoms with van der Waals surface area (Å²) in [5, 5.41) is 3.19. The second kappa shape index (κ2) is 4.09. The predicted octanol–water partition coefficient (Wildman–Crippen LogP) is 2.45. The molecule has 2 atom stereocenters. The highest BCUT2D eigenvalue weighted by Crippen LogP contribution is 2.44. The molecule has 0 amide bonds. The highest BCUT2D eigenvalue weighted by Gasteiger charge is 2.47. The molecule has 0 spiro atoms. The van der Waals surface area contributed by atoms with E-state index >= 15 is 0 Å². The van der Waals surface area contributed by atoms with E-state index in [1.165, 1.54) is 0 Å². The lowest BCUT2D eigenvalue weighted by Crippen LogP contribution is -2.47. The van der Waals surface area contributed by atoms with Crippen LogP contribution in [-0.4, -0.2) is 19.0 Å². The molecule has 1 N–H and O–H groups in total. The zero-order valence-corrected chi connectivity index (χ0v) is 8.38. The molecule has 0 aromatic carbocycles. The Hall–Kier alpha value is 0.110. The number of rotatable bonds is 0. The number of nitrogens with one attached hydrogen (secondary N) is 1. The first kappa shape index (κ1) is 11.2. The lowest BCUT2D eigenvalue weighted by molar-refractivity contribution is -0.117. The van der Waals surface area contributed by atoms with Gasteiger partial charge in [0.25, 0.3) is 5.92 Å². The van der Waals surface area contributed by atoms with E-state index in [9.17, 15) is 8.78 Å². The Labute approximate surface area is 83.7 Å². The molecule has 1 saturated carbocycles. The van der Waals surface area contributed by atoms with Gasteiger partial charge in [-0.1, -0.05) is 0 Å². The van der Waals surface area contributed by atoms with E-state index < -0.39 is 5.92 Å². The maximum absolute atomic E-state index is 13.3. The van der Waals surface area contributed by atoms with Gasteiger partial charge in [0.05, 0.1) is 0 Å². The fourth-order valence-electron chi connectivity index (χ4n) is 2.57. The smallest absolute Gasteiger partial charge is 0.251 e. The zero-order chi connectivity index (χ0) is 8.60. The summed E-state index contributed by atoms with van der Waals surface area (Å²) in [6.45, 7) is 1.58. The first-order valence-corrected chi connectivity index (χ1v) is 4.79. The largest absolute Gasteiger partial charge is 0.316 e. The SMILES string of the molecule is Cl.FC1(F)CCC[C@@H]2CNCC[C@H]21. The van der Waals surface area contributed by atoms with Gasteiger partial charge in [-0.05, 0) is 38.3 Å². The zero-order valence-electron chi connectivity index (χ0n) is 7.56. The van der Waals surface area contributed by atoms with Gasteiger partial charge >= 0.3 is 0 Å². The van der Waals surface area contributed by atoms with Gasteiger partial charge in [-0.25, -0.2) is 8.78 Å². The van der Waals surface area contributed by atoms with E-state index in [2.05, 4.69) is 5.32 Å². The molecular formula is C9H16ClF2N. The van der Waals surface area contributed by atoms with Crippen LogP contribution in [0.4, 0.5) is 8.78 Å². The van der Waals surface area contributed by atoms with Crippen LogP contribution in [-0.2, 0) is 0 Å². The minimum Gasteiger partial charge on any atom is -0.316 e. The number of fused-ring (bicyclic) bond motifs is 1. The van der Waals surface area contributed by atoms with Crippen molar-refractivity contribution in [1.29, 1.82) is 0 Å². The molecule has 2 rings (SSSR count). The lowest BCUT2D eigenvalue weighted by atomic mass is 9.73. The van der Waals surface area contributed by atoms with Crippen LogP contribution in [0.3, 0.4) is 0 Å². The van der Waals surface area contributed by atoms with Gasteiger partial charge in [-0.2, -0.15) is 0 Å². The monoisotopic (exact) mass is 211 g/mol. The summed E-state index contributed by atoms with van der Waals surface area (Å²) in [6.07, 6.45) is 2.48. The molecule has 1 heterocycles. The second-order valence-corrected chi connectivity index (χ2v) is 4.01. The lowest BCUT2D eigenvalue weighted by Gasteiger charge is -2.41. The van der Waals surface area contributed by atoms with Gasteiger partial charge in [0.1, 0.15) is 0 Å². The molecule has 2 aliphatic rings. The van der Waals surface area contributed by atoms with Crippen molar-refractivity contribution in [2.24, 2.45) is 11.8 Å². The van der Waals surface area contributed by atoms with Crippen LogP contribution in [0.5, 0.6) is 0 Å². The van der Waals surface area contributed by atoms with Crippen LogP contribution < -0.4 is 5.32 Å². The Morgan fingerprint density at radius 2 is 2.00 bits per heavy atom. The summed E-state index contributed by atoms with van der Waals surface area (Å²) in [5.41, 5.74) is 0. The van der Waals surface area contributed by atoms with Crippen LogP contribution in [0, 0.1) is 11.8 Å². The molecule has 78 valence electrons. The van der Waals surface area contributed by atoms with E-state index in [-0.39, 0.29) is 30.7 Å². The quantitative estimate of drug-likeness (QED) is 0.649. The van der Waals surface area contributed by atoms with E-state index in [1.807, 2.05) is 0 Å². The van der Waals surface area contributed by atoms with Gasteiger partial charge < -0.3 is 5.32 Å². The fraction of sp³-hybridized carbons (Fsp3) is 1.00. The highest BCUT2D eigenvalue weighted by molar-refractivity contribution is 5.85. The van der Waals surface area contributed by atoms with Crippen molar-refractivity contribution in [2.75, 3.05) is 13.1 Å². The van der Waals surface area contributed by atoms with Crippen molar-refractivity contribution in [3.8, 4) is 0 Å². The molecule has 1 aliphatic carbocycles. The van der Waals surface area contributed by atoms with Crippen LogP contribution >= 0.6 is 12.4 Å². The number of hydrogen-bond donors (Lipinski definition) is 1. The Morgan fingerprint density at radius 3 is 2.69 bits per heavy atom. The number of piperidine rings is 1. The van der Waals surface area contributed by atoms with Crippen LogP contribution in [0.15, 0.2) is 0 Å². The third-order valence-electron chi connectivity index (χ3n) is 3.24. The molecule has 13 heavy (non-hydrogen) atoms. The van der Waals surface area contributed by atoms with Crippen LogP contribution in [0.1, 0.15) is 25.7 Å². The minimum atomic E-state index is -2.37. The average Bonchev–Trinajstić information content (AvgIpc) is 2.04. The van der Waals surface area contributed by atoms with Crippen molar-refractivity contribution in [3.63, 3.8) is 0 Å². The molecule has 0 aromatic heterocycles. The molecule has 0 radical (unpaired) electrons. The molecule has 1 aliphatic heterocycles. The first-order valence-electron chi connectivity index (χ1n) is 4.79. The third kappa shape index (κ3) is 2.13. The maximum atomic E-state index is 13.3. The van der Waals surface area contributed by atoms with Gasteiger partial charge in [0, 0.05) is 12.3 Å². The van der Waals surface area contributed by atoms with Crippen molar-refractivity contribution in [1.82, 2.24) is 5.32 Å². The summed E-state index contributed by atoms with van der Waals surface area (Å²) < 4.78 is 26.6. The topological polar surface area (TPSA) is 12.0 Å². The molecule has 0 aromatic rings. The molecule has 0 unspecified atom stereocenters. The van der Waals surface area contributed by atoms with Gasteiger partial charge in [-0.15, -0.1) is 12.4 Å². The normalized spacial score (nSPS) is 37.4. The summed E-state index contributed by atoms with van der Waals surface area (Å²) >= 11 is 0. The van der Waals surface area contributed by atoms with Crippen LogP contribution in [0.25, 0.3) is 0 Å². The summed E-state index contributed by atoms with van der Waals surface area (Å²) in [4.78, 5) is 0. The summed E-state index contributed by atoms with van der Waals surface area (Å²) in [5.74, 6) is -2.46. The summed E-state index contributed by atoms with van der Waals surface area (Å²) in [6, 6.07) is 0. The Balaban J connectivity index is 0.000000845. The van der Waals surface area contributed by atoms with Crippen LogP contribution in [0.2, 0.25) is 0 Å². The highest BCUT2D eigenvalue weighted by atomic mass is 35.5. The second-order valence-electron chi connectivity index (χ2n) is 4.01. The molecule has 4 heteroatoms. The third-order valence-corrected chi connectivity index (χ3v) is 3.24. The Bertz CT molecular complexity index is 173. The van der Waals surface area contributed by atoms with Crippen molar-refractivity contribution >= 4 is 12.4 Å². The number of halogens is 3. The Morgan fingerprint density at radius 1 is 1.23 bits per heavy atom. The van der Waals surface area contributed by atoms with Gasteiger partial charge in [0.15, 0.2) is 0 Å². The first-order chi connectivity index (χ1) is 5.70. The predicted molar refractivity (Wildman–Crippen MR) is 50.5 cm³/mol. The van der Waals surface area contributed by atoms with Crippen molar-refractivity contribution < 1.29 is 8.78 Å². The van der Waals surface area contributed by atoms with Crippen molar-refractivity contribution in [2.45, 2.75) is 31.6 Å². The number of hydrogen-bond acceptors (Lipinski definition) is 1. The molecule has 0 bridgehead atoms. The standard InChI is InChI=1S/C9H15F2N.ClH/c10-9(11)4-1-2-7-6-12-5-3-8(7)9;/h7-8,12H,1-6H2;1H/t7-,8-;/m1./s1. The van der Waals surface area contributed by atoms with Crippen molar-refractivity contribution in [3.05, 3.63) is 0 Å². The maximum Gasteiger partial charge on any atom is 0.251 e. The Kier molecular flexibility index (Phi) is 3.52. The van der Waals surface area contributed by atoms with E-state index in [4.69, 9.17) is 0 Å². The molecule has 2 fully saturated rings. The van der Waals surface area contributed by atoms with E-state index in [0.717, 1.165) is 19.5 Å². The summed E-state index contributed by atoms with van der Waals surface area (Å²) in [7, 11) is 0. The minimum absolute atomic E-state index is 0. The average molecular weight is 212 g/mol. The van der Waals surface area contributed by atoms with Gasteiger partial charge in [-0.3, -0.25) is 0 Å². The molecule has 1 nitrogen and oxygen atoms in total. The molecule has 1 saturated heterocycles. The number of alkyl halides is 2. The van der Waals surface area contributed by atoms with E-state index in [0.29, 0.717) is 12.8 Å². The fourth-order valence-corrected chi connectivity index (χ4v) is 2.57.